The standard InChI is InChI=1S/C50H35NO2/c1-24(2)40-44-37-23-36-26(19-21-32-27-11-5-7-17-38(27)52-49(32)36)29-13-9-15-34(42(29)37)43(44)41(25(3)4)48-45(40)35-16-10-14-30-31-20-22-33-28-12-6-8-18-39(28)53-50(33)47(31)51(48)46(30)35/h5-22,24-25,37H,23H2,1-4H3. The summed E-state index contributed by atoms with van der Waals surface area (Å²) in [6.07, 6.45) is 0.929. The van der Waals surface area contributed by atoms with Crippen LogP contribution in [0.5, 0.6) is 0 Å². The normalized spacial score (nSPS) is 15.2. The van der Waals surface area contributed by atoms with Crippen molar-refractivity contribution in [3.8, 4) is 22.3 Å². The minimum Gasteiger partial charge on any atom is -0.456 e. The fraction of sp³-hybridized carbons (Fsp3) is 0.160. The summed E-state index contributed by atoms with van der Waals surface area (Å²) in [6.45, 7) is 9.62. The Kier molecular flexibility index (Phi) is 5.10. The van der Waals surface area contributed by atoms with Gasteiger partial charge in [0.15, 0.2) is 5.58 Å². The first kappa shape index (κ1) is 28.5. The van der Waals surface area contributed by atoms with E-state index < -0.39 is 0 Å². The third-order valence-electron chi connectivity index (χ3n) is 13.0. The van der Waals surface area contributed by atoms with Gasteiger partial charge in [0.2, 0.25) is 0 Å². The molecule has 0 N–H and O–H groups in total. The van der Waals surface area contributed by atoms with E-state index in [0.717, 1.165) is 28.8 Å². The first-order chi connectivity index (χ1) is 26.0. The second kappa shape index (κ2) is 9.48. The quantitative estimate of drug-likeness (QED) is 0.182. The molecule has 252 valence electrons. The maximum absolute atomic E-state index is 6.82. The van der Waals surface area contributed by atoms with Crippen LogP contribution in [0.3, 0.4) is 0 Å². The molecule has 0 saturated carbocycles. The molecule has 2 aliphatic carbocycles. The number of fused-ring (bicyclic) bond motifs is 19. The Morgan fingerprint density at radius 3 is 1.87 bits per heavy atom. The van der Waals surface area contributed by atoms with Crippen LogP contribution >= 0.6 is 0 Å². The third kappa shape index (κ3) is 3.22. The van der Waals surface area contributed by atoms with Crippen molar-refractivity contribution in [2.45, 2.75) is 51.9 Å². The van der Waals surface area contributed by atoms with Gasteiger partial charge in [0.05, 0.1) is 16.6 Å². The molecule has 4 aromatic heterocycles. The van der Waals surface area contributed by atoms with Crippen LogP contribution in [-0.4, -0.2) is 4.40 Å². The number of benzene rings is 7. The molecular formula is C50H35NO2. The number of nitrogens with zero attached hydrogens (tertiary/aromatic N) is 1. The number of hydrogen-bond donors (Lipinski definition) is 0. The number of aromatic nitrogens is 1. The summed E-state index contributed by atoms with van der Waals surface area (Å²) in [4.78, 5) is 0. The molecule has 1 atom stereocenters. The monoisotopic (exact) mass is 681 g/mol. The highest BCUT2D eigenvalue weighted by molar-refractivity contribution is 6.29. The zero-order valence-corrected chi connectivity index (χ0v) is 30.1. The molecule has 1 unspecified atom stereocenters. The van der Waals surface area contributed by atoms with E-state index >= 15 is 0 Å². The van der Waals surface area contributed by atoms with Gasteiger partial charge >= 0.3 is 0 Å². The molecule has 7 aromatic carbocycles. The van der Waals surface area contributed by atoms with Gasteiger partial charge in [-0.05, 0) is 87.0 Å². The number of hydrogen-bond acceptors (Lipinski definition) is 2. The van der Waals surface area contributed by atoms with Crippen LogP contribution in [0, 0.1) is 0 Å². The predicted octanol–water partition coefficient (Wildman–Crippen LogP) is 14.2. The molecule has 0 aliphatic heterocycles. The summed E-state index contributed by atoms with van der Waals surface area (Å²) in [7, 11) is 0. The van der Waals surface area contributed by atoms with Crippen LogP contribution in [0.25, 0.3) is 104 Å². The molecule has 0 amide bonds. The predicted molar refractivity (Wildman–Crippen MR) is 220 cm³/mol. The van der Waals surface area contributed by atoms with Crippen molar-refractivity contribution in [2.75, 3.05) is 0 Å². The molecule has 3 heteroatoms. The van der Waals surface area contributed by atoms with Gasteiger partial charge in [0.1, 0.15) is 16.7 Å². The van der Waals surface area contributed by atoms with E-state index in [0.29, 0.717) is 5.92 Å². The molecule has 11 aromatic rings. The average Bonchev–Trinajstić information content (AvgIpc) is 3.97. The lowest BCUT2D eigenvalue weighted by Crippen LogP contribution is -2.13. The minimum atomic E-state index is 0.251. The molecule has 0 spiro atoms. The summed E-state index contributed by atoms with van der Waals surface area (Å²) < 4.78 is 16.2. The highest BCUT2D eigenvalue weighted by atomic mass is 16.3. The van der Waals surface area contributed by atoms with Crippen molar-refractivity contribution in [1.29, 1.82) is 0 Å². The van der Waals surface area contributed by atoms with Crippen LogP contribution < -0.4 is 0 Å². The Hall–Kier alpha value is -6.06. The molecule has 0 radical (unpaired) electrons. The molecular weight excluding hydrogens is 647 g/mol. The number of rotatable bonds is 2. The Morgan fingerprint density at radius 2 is 1.09 bits per heavy atom. The molecule has 53 heavy (non-hydrogen) atoms. The van der Waals surface area contributed by atoms with E-state index in [1.807, 2.05) is 0 Å². The van der Waals surface area contributed by atoms with E-state index in [9.17, 15) is 0 Å². The molecule has 3 nitrogen and oxygen atoms in total. The summed E-state index contributed by atoms with van der Waals surface area (Å²) >= 11 is 0. The van der Waals surface area contributed by atoms with Crippen molar-refractivity contribution < 1.29 is 8.83 Å². The summed E-state index contributed by atoms with van der Waals surface area (Å²) in [5.74, 6) is 0.855. The van der Waals surface area contributed by atoms with Crippen molar-refractivity contribution in [3.63, 3.8) is 0 Å². The lowest BCUT2D eigenvalue weighted by atomic mass is 9.75. The Labute approximate surface area is 305 Å². The largest absolute Gasteiger partial charge is 0.456 e. The summed E-state index contributed by atoms with van der Waals surface area (Å²) in [5, 5.41) is 10.1. The van der Waals surface area contributed by atoms with E-state index in [1.54, 1.807) is 0 Å². The van der Waals surface area contributed by atoms with Gasteiger partial charge in [-0.15, -0.1) is 0 Å². The zero-order valence-electron chi connectivity index (χ0n) is 30.1. The second-order valence-electron chi connectivity index (χ2n) is 16.2. The molecule has 0 fully saturated rings. The van der Waals surface area contributed by atoms with Crippen molar-refractivity contribution in [2.24, 2.45) is 0 Å². The van der Waals surface area contributed by atoms with Crippen LogP contribution in [0.2, 0.25) is 0 Å². The zero-order chi connectivity index (χ0) is 35.0. The highest BCUT2D eigenvalue weighted by Gasteiger charge is 2.42. The Balaban J connectivity index is 1.23. The lowest BCUT2D eigenvalue weighted by Gasteiger charge is -2.28. The fourth-order valence-electron chi connectivity index (χ4n) is 11.1. The smallest absolute Gasteiger partial charge is 0.160 e. The molecule has 2 aliphatic rings. The van der Waals surface area contributed by atoms with E-state index in [-0.39, 0.29) is 11.8 Å². The van der Waals surface area contributed by atoms with E-state index in [2.05, 4.69) is 141 Å². The van der Waals surface area contributed by atoms with Crippen molar-refractivity contribution >= 4 is 82.0 Å². The molecule has 0 saturated heterocycles. The van der Waals surface area contributed by atoms with Crippen LogP contribution in [-0.2, 0) is 6.42 Å². The SMILES string of the molecule is CC(C)c1c2c(c(C(C)C)c3c1c1cccc4c5ccc6c7ccccc7oc6c5n3c41)-c1cccc3c1C2Cc1c-3ccc2c1oc1ccccc12. The Bertz CT molecular complexity index is 3440. The number of para-hydroxylation sites is 3. The first-order valence-corrected chi connectivity index (χ1v) is 19.2. The second-order valence-corrected chi connectivity index (χ2v) is 16.2. The van der Waals surface area contributed by atoms with Gasteiger partial charge in [-0.1, -0.05) is 113 Å². The minimum absolute atomic E-state index is 0.251. The average molecular weight is 682 g/mol. The highest BCUT2D eigenvalue weighted by Crippen LogP contribution is 2.61. The third-order valence-corrected chi connectivity index (χ3v) is 13.0. The van der Waals surface area contributed by atoms with Crippen molar-refractivity contribution in [3.05, 3.63) is 137 Å². The molecule has 4 heterocycles. The Morgan fingerprint density at radius 1 is 0.491 bits per heavy atom. The van der Waals surface area contributed by atoms with Gasteiger partial charge in [-0.3, -0.25) is 0 Å². The topological polar surface area (TPSA) is 30.7 Å². The van der Waals surface area contributed by atoms with Crippen LogP contribution in [0.1, 0.15) is 73.3 Å². The van der Waals surface area contributed by atoms with Crippen molar-refractivity contribution in [1.82, 2.24) is 4.40 Å². The van der Waals surface area contributed by atoms with E-state index in [4.69, 9.17) is 8.83 Å². The summed E-state index contributed by atoms with van der Waals surface area (Å²) in [5.41, 5.74) is 20.6. The number of furan rings is 2. The van der Waals surface area contributed by atoms with Gasteiger partial charge < -0.3 is 13.2 Å². The fourth-order valence-corrected chi connectivity index (χ4v) is 11.1. The van der Waals surface area contributed by atoms with Gasteiger partial charge in [-0.25, -0.2) is 0 Å². The van der Waals surface area contributed by atoms with Gasteiger partial charge in [-0.2, -0.15) is 0 Å². The maximum atomic E-state index is 6.82. The van der Waals surface area contributed by atoms with E-state index in [1.165, 1.54) is 110 Å². The van der Waals surface area contributed by atoms with Crippen LogP contribution in [0.4, 0.5) is 0 Å². The first-order valence-electron chi connectivity index (χ1n) is 19.2. The summed E-state index contributed by atoms with van der Waals surface area (Å²) in [6, 6.07) is 40.2. The lowest BCUT2D eigenvalue weighted by molar-refractivity contribution is 0.657. The molecule has 0 bridgehead atoms. The van der Waals surface area contributed by atoms with Crippen LogP contribution in [0.15, 0.2) is 118 Å². The maximum Gasteiger partial charge on any atom is 0.160 e. The molecule has 13 rings (SSSR count). The van der Waals surface area contributed by atoms with Gasteiger partial charge in [0, 0.05) is 54.6 Å². The van der Waals surface area contributed by atoms with Gasteiger partial charge in [0.25, 0.3) is 0 Å².